The highest BCUT2D eigenvalue weighted by Gasteiger charge is 2.22. The molecule has 1 aromatic heterocycles. The van der Waals surface area contributed by atoms with Crippen LogP contribution in [-0.4, -0.2) is 22.4 Å². The van der Waals surface area contributed by atoms with Gasteiger partial charge in [0, 0.05) is 36.2 Å². The molecule has 0 atom stereocenters. The highest BCUT2D eigenvalue weighted by atomic mass is 16.6. The fourth-order valence-electron chi connectivity index (χ4n) is 2.19. The zero-order valence-corrected chi connectivity index (χ0v) is 8.82. The van der Waals surface area contributed by atoms with Gasteiger partial charge in [-0.3, -0.25) is 14.9 Å². The van der Waals surface area contributed by atoms with Gasteiger partial charge in [0.2, 0.25) is 0 Å². The summed E-state index contributed by atoms with van der Waals surface area (Å²) in [5.74, 6) is -0.119. The zero-order valence-electron chi connectivity index (χ0n) is 8.82. The molecule has 1 aliphatic heterocycles. The first-order valence-electron chi connectivity index (χ1n) is 5.24. The van der Waals surface area contributed by atoms with Gasteiger partial charge in [0.05, 0.1) is 16.0 Å². The van der Waals surface area contributed by atoms with Crippen LogP contribution < -0.4 is 5.32 Å². The molecule has 2 aromatic rings. The maximum atomic E-state index is 11.7. The minimum Gasteiger partial charge on any atom is -0.357 e. The van der Waals surface area contributed by atoms with Crippen LogP contribution in [0.3, 0.4) is 0 Å². The number of hydrogen-bond donors (Lipinski definition) is 2. The van der Waals surface area contributed by atoms with Crippen molar-refractivity contribution in [1.82, 2.24) is 10.3 Å². The summed E-state index contributed by atoms with van der Waals surface area (Å²) in [7, 11) is 0. The van der Waals surface area contributed by atoms with Gasteiger partial charge in [-0.15, -0.1) is 0 Å². The molecule has 17 heavy (non-hydrogen) atoms. The van der Waals surface area contributed by atoms with Crippen LogP contribution in [0.15, 0.2) is 18.2 Å². The number of aromatic nitrogens is 1. The summed E-state index contributed by atoms with van der Waals surface area (Å²) >= 11 is 0. The standard InChI is InChI=1S/C11H9N3O3/c15-11-10-7-2-1-6(14(16)17)5-9(7)13-8(10)3-4-12-11/h1-2,5,13H,3-4H2,(H,12,15). The van der Waals surface area contributed by atoms with Crippen molar-refractivity contribution in [3.8, 4) is 0 Å². The first-order chi connectivity index (χ1) is 8.16. The number of aromatic amines is 1. The fourth-order valence-corrected chi connectivity index (χ4v) is 2.19. The molecule has 0 bridgehead atoms. The quantitative estimate of drug-likeness (QED) is 0.573. The van der Waals surface area contributed by atoms with Crippen molar-refractivity contribution < 1.29 is 9.72 Å². The number of nitro groups is 1. The molecule has 1 amide bonds. The molecule has 2 N–H and O–H groups in total. The van der Waals surface area contributed by atoms with E-state index in [2.05, 4.69) is 10.3 Å². The number of nitrogens with zero attached hydrogens (tertiary/aromatic N) is 1. The maximum Gasteiger partial charge on any atom is 0.271 e. The molecule has 0 unspecified atom stereocenters. The lowest BCUT2D eigenvalue weighted by Gasteiger charge is -2.11. The molecular formula is C11H9N3O3. The minimum absolute atomic E-state index is 0.0245. The predicted octanol–water partition coefficient (Wildman–Crippen LogP) is 1.36. The molecule has 0 radical (unpaired) electrons. The average Bonchev–Trinajstić information content (AvgIpc) is 2.67. The van der Waals surface area contributed by atoms with E-state index in [1.807, 2.05) is 0 Å². The zero-order chi connectivity index (χ0) is 12.0. The van der Waals surface area contributed by atoms with E-state index in [0.29, 0.717) is 17.6 Å². The number of carbonyl (C=O) groups excluding carboxylic acids is 1. The van der Waals surface area contributed by atoms with Crippen LogP contribution in [0.1, 0.15) is 16.1 Å². The topological polar surface area (TPSA) is 88.0 Å². The van der Waals surface area contributed by atoms with Gasteiger partial charge in [-0.1, -0.05) is 0 Å². The molecule has 1 aromatic carbocycles. The van der Waals surface area contributed by atoms with E-state index < -0.39 is 4.92 Å². The Bertz CT molecular complexity index is 645. The second-order valence-electron chi connectivity index (χ2n) is 3.97. The molecule has 2 heterocycles. The summed E-state index contributed by atoms with van der Waals surface area (Å²) < 4.78 is 0. The van der Waals surface area contributed by atoms with Crippen molar-refractivity contribution in [1.29, 1.82) is 0 Å². The van der Waals surface area contributed by atoms with Crippen molar-refractivity contribution in [2.45, 2.75) is 6.42 Å². The summed E-state index contributed by atoms with van der Waals surface area (Å²) in [6, 6.07) is 4.49. The van der Waals surface area contributed by atoms with Crippen LogP contribution in [-0.2, 0) is 6.42 Å². The van der Waals surface area contributed by atoms with Crippen LogP contribution in [0.25, 0.3) is 10.9 Å². The molecule has 6 nitrogen and oxygen atoms in total. The first-order valence-corrected chi connectivity index (χ1v) is 5.24. The average molecular weight is 231 g/mol. The third-order valence-corrected chi connectivity index (χ3v) is 2.96. The highest BCUT2D eigenvalue weighted by Crippen LogP contribution is 2.27. The number of amides is 1. The number of carbonyl (C=O) groups is 1. The molecular weight excluding hydrogens is 222 g/mol. The van der Waals surface area contributed by atoms with Gasteiger partial charge in [-0.05, 0) is 6.07 Å². The molecule has 86 valence electrons. The Morgan fingerprint density at radius 2 is 2.18 bits per heavy atom. The van der Waals surface area contributed by atoms with Gasteiger partial charge in [0.25, 0.3) is 11.6 Å². The summed E-state index contributed by atoms with van der Waals surface area (Å²) in [4.78, 5) is 25.0. The van der Waals surface area contributed by atoms with E-state index in [0.717, 1.165) is 17.5 Å². The molecule has 0 spiro atoms. The van der Waals surface area contributed by atoms with E-state index in [1.165, 1.54) is 12.1 Å². The Kier molecular flexibility index (Phi) is 1.91. The smallest absolute Gasteiger partial charge is 0.271 e. The van der Waals surface area contributed by atoms with Crippen molar-refractivity contribution in [2.24, 2.45) is 0 Å². The summed E-state index contributed by atoms with van der Waals surface area (Å²) in [5.41, 5.74) is 2.13. The van der Waals surface area contributed by atoms with Gasteiger partial charge in [-0.2, -0.15) is 0 Å². The Hall–Kier alpha value is -2.37. The Labute approximate surface area is 95.8 Å². The Morgan fingerprint density at radius 3 is 2.94 bits per heavy atom. The normalized spacial score (nSPS) is 14.5. The SMILES string of the molecule is O=C1NCCc2[nH]c3cc([N+](=O)[O-])ccc3c21. The molecule has 6 heteroatoms. The minimum atomic E-state index is -0.445. The lowest BCUT2D eigenvalue weighted by molar-refractivity contribution is -0.384. The molecule has 3 rings (SSSR count). The number of benzene rings is 1. The molecule has 0 aliphatic carbocycles. The van der Waals surface area contributed by atoms with E-state index in [9.17, 15) is 14.9 Å². The summed E-state index contributed by atoms with van der Waals surface area (Å²) in [6.45, 7) is 0.598. The van der Waals surface area contributed by atoms with Gasteiger partial charge in [0.1, 0.15) is 0 Å². The number of fused-ring (bicyclic) bond motifs is 3. The van der Waals surface area contributed by atoms with Crippen LogP contribution in [0, 0.1) is 10.1 Å². The maximum absolute atomic E-state index is 11.7. The number of rotatable bonds is 1. The number of nitro benzene ring substituents is 1. The molecule has 0 fully saturated rings. The van der Waals surface area contributed by atoms with E-state index in [-0.39, 0.29) is 11.6 Å². The van der Waals surface area contributed by atoms with E-state index in [1.54, 1.807) is 6.07 Å². The van der Waals surface area contributed by atoms with Crippen molar-refractivity contribution >= 4 is 22.5 Å². The Balaban J connectivity index is 2.28. The molecule has 0 saturated heterocycles. The number of hydrogen-bond acceptors (Lipinski definition) is 3. The molecule has 1 aliphatic rings. The lowest BCUT2D eigenvalue weighted by Crippen LogP contribution is -2.31. The van der Waals surface area contributed by atoms with Gasteiger partial charge in [0.15, 0.2) is 0 Å². The number of H-pyrrole nitrogens is 1. The fraction of sp³-hybridized carbons (Fsp3) is 0.182. The third-order valence-electron chi connectivity index (χ3n) is 2.96. The monoisotopic (exact) mass is 231 g/mol. The second kappa shape index (κ2) is 3.31. The van der Waals surface area contributed by atoms with Gasteiger partial charge in [-0.25, -0.2) is 0 Å². The second-order valence-corrected chi connectivity index (χ2v) is 3.97. The van der Waals surface area contributed by atoms with Crippen LogP contribution in [0.4, 0.5) is 5.69 Å². The lowest BCUT2D eigenvalue weighted by atomic mass is 10.1. The predicted molar refractivity (Wildman–Crippen MR) is 61.0 cm³/mol. The van der Waals surface area contributed by atoms with Gasteiger partial charge >= 0.3 is 0 Å². The van der Waals surface area contributed by atoms with E-state index in [4.69, 9.17) is 0 Å². The number of non-ortho nitro benzene ring substituents is 1. The Morgan fingerprint density at radius 1 is 1.35 bits per heavy atom. The third kappa shape index (κ3) is 1.37. The highest BCUT2D eigenvalue weighted by molar-refractivity contribution is 6.09. The van der Waals surface area contributed by atoms with Crippen LogP contribution in [0.5, 0.6) is 0 Å². The number of nitrogens with one attached hydrogen (secondary N) is 2. The summed E-state index contributed by atoms with van der Waals surface area (Å²) in [6.07, 6.45) is 0.726. The van der Waals surface area contributed by atoms with Crippen molar-refractivity contribution in [3.05, 3.63) is 39.6 Å². The largest absolute Gasteiger partial charge is 0.357 e. The van der Waals surface area contributed by atoms with Crippen molar-refractivity contribution in [3.63, 3.8) is 0 Å². The van der Waals surface area contributed by atoms with Crippen LogP contribution >= 0.6 is 0 Å². The van der Waals surface area contributed by atoms with Gasteiger partial charge < -0.3 is 10.3 Å². The van der Waals surface area contributed by atoms with E-state index >= 15 is 0 Å². The first kappa shape index (κ1) is 9.83. The van der Waals surface area contributed by atoms with Crippen LogP contribution in [0.2, 0.25) is 0 Å². The molecule has 0 saturated carbocycles. The van der Waals surface area contributed by atoms with Crippen molar-refractivity contribution in [2.75, 3.05) is 6.54 Å². The summed E-state index contributed by atoms with van der Waals surface area (Å²) in [5, 5.41) is 14.2.